The van der Waals surface area contributed by atoms with Crippen LogP contribution in [0.25, 0.3) is 0 Å². The third kappa shape index (κ3) is 2.02. The molecule has 0 aliphatic carbocycles. The Morgan fingerprint density at radius 3 is 2.94 bits per heavy atom. The van der Waals surface area contributed by atoms with Crippen molar-refractivity contribution in [2.24, 2.45) is 7.05 Å². The van der Waals surface area contributed by atoms with E-state index < -0.39 is 0 Å². The summed E-state index contributed by atoms with van der Waals surface area (Å²) in [5.41, 5.74) is 0. The van der Waals surface area contributed by atoms with Gasteiger partial charge in [0, 0.05) is 31.0 Å². The molecule has 5 nitrogen and oxygen atoms in total. The molecule has 1 atom stereocenters. The Labute approximate surface area is 108 Å². The minimum absolute atomic E-state index is 0.133. The molecule has 0 saturated carbocycles. The molecule has 0 amide bonds. The zero-order chi connectivity index (χ0) is 12.4. The zero-order valence-corrected chi connectivity index (χ0v) is 10.6. The highest BCUT2D eigenvalue weighted by atomic mass is 32.1. The molecule has 6 heteroatoms. The molecule has 1 unspecified atom stereocenters. The fourth-order valence-electron chi connectivity index (χ4n) is 1.79. The predicted octanol–water partition coefficient (Wildman–Crippen LogP) is 2.67. The summed E-state index contributed by atoms with van der Waals surface area (Å²) >= 11 is 1.55. The number of hydrogen-bond acceptors (Lipinski definition) is 5. The predicted molar refractivity (Wildman–Crippen MR) is 69.5 cm³/mol. The van der Waals surface area contributed by atoms with E-state index in [1.54, 1.807) is 30.0 Å². The van der Waals surface area contributed by atoms with Gasteiger partial charge in [-0.2, -0.15) is 0 Å². The number of furan rings is 1. The van der Waals surface area contributed by atoms with Gasteiger partial charge in [-0.1, -0.05) is 0 Å². The molecule has 0 bridgehead atoms. The first-order valence-corrected chi connectivity index (χ1v) is 6.39. The molecule has 18 heavy (non-hydrogen) atoms. The van der Waals surface area contributed by atoms with Gasteiger partial charge in [0.25, 0.3) is 0 Å². The van der Waals surface area contributed by atoms with E-state index in [4.69, 9.17) is 4.42 Å². The van der Waals surface area contributed by atoms with Crippen LogP contribution in [-0.4, -0.2) is 14.5 Å². The molecule has 0 aliphatic rings. The van der Waals surface area contributed by atoms with Crippen LogP contribution in [0.5, 0.6) is 0 Å². The van der Waals surface area contributed by atoms with Crippen molar-refractivity contribution in [2.45, 2.75) is 6.04 Å². The van der Waals surface area contributed by atoms with E-state index in [1.807, 2.05) is 35.3 Å². The van der Waals surface area contributed by atoms with Crippen LogP contribution in [0, 0.1) is 0 Å². The number of thiazole rings is 1. The topological polar surface area (TPSA) is 55.9 Å². The van der Waals surface area contributed by atoms with Crippen molar-refractivity contribution in [3.8, 4) is 0 Å². The summed E-state index contributed by atoms with van der Waals surface area (Å²) < 4.78 is 7.45. The first-order chi connectivity index (χ1) is 8.84. The van der Waals surface area contributed by atoms with Crippen molar-refractivity contribution in [1.82, 2.24) is 14.5 Å². The second-order valence-electron chi connectivity index (χ2n) is 3.83. The number of hydrogen-bond donors (Lipinski definition) is 1. The van der Waals surface area contributed by atoms with E-state index in [-0.39, 0.29) is 6.04 Å². The lowest BCUT2D eigenvalue weighted by Gasteiger charge is -2.15. The maximum Gasteiger partial charge on any atom is 0.183 e. The Balaban J connectivity index is 1.97. The van der Waals surface area contributed by atoms with Crippen molar-refractivity contribution in [2.75, 3.05) is 5.32 Å². The second kappa shape index (κ2) is 4.66. The molecule has 1 N–H and O–H groups in total. The van der Waals surface area contributed by atoms with E-state index >= 15 is 0 Å². The number of nitrogens with one attached hydrogen (secondary N) is 1. The van der Waals surface area contributed by atoms with E-state index in [9.17, 15) is 0 Å². The molecule has 3 aromatic heterocycles. The van der Waals surface area contributed by atoms with Gasteiger partial charge in [0.2, 0.25) is 0 Å². The summed E-state index contributed by atoms with van der Waals surface area (Å²) in [6.45, 7) is 0. The molecule has 3 aromatic rings. The van der Waals surface area contributed by atoms with Gasteiger partial charge in [0.05, 0.1) is 6.26 Å². The van der Waals surface area contributed by atoms with Gasteiger partial charge in [0.1, 0.15) is 17.6 Å². The van der Waals surface area contributed by atoms with Gasteiger partial charge in [-0.05, 0) is 12.1 Å². The molecule has 0 radical (unpaired) electrons. The third-order valence-electron chi connectivity index (χ3n) is 2.64. The number of anilines is 1. The first-order valence-electron chi connectivity index (χ1n) is 5.51. The summed E-state index contributed by atoms with van der Waals surface area (Å²) in [6, 6.07) is 3.67. The Bertz CT molecular complexity index is 600. The van der Waals surface area contributed by atoms with Crippen LogP contribution in [0.1, 0.15) is 17.6 Å². The SMILES string of the molecule is Cn1ccnc1C(Nc1nccs1)c1ccco1. The van der Waals surface area contributed by atoms with Crippen molar-refractivity contribution in [3.05, 3.63) is 54.0 Å². The lowest BCUT2D eigenvalue weighted by atomic mass is 10.2. The molecule has 0 spiro atoms. The molecule has 0 fully saturated rings. The lowest BCUT2D eigenvalue weighted by molar-refractivity contribution is 0.488. The summed E-state index contributed by atoms with van der Waals surface area (Å²) in [7, 11) is 1.96. The highest BCUT2D eigenvalue weighted by molar-refractivity contribution is 7.13. The average Bonchev–Trinajstić information content (AvgIpc) is 3.09. The van der Waals surface area contributed by atoms with Crippen LogP contribution in [0.4, 0.5) is 5.13 Å². The van der Waals surface area contributed by atoms with Gasteiger partial charge in [0.15, 0.2) is 5.13 Å². The Hall–Kier alpha value is -2.08. The van der Waals surface area contributed by atoms with Crippen LogP contribution in [0.15, 0.2) is 46.8 Å². The largest absolute Gasteiger partial charge is 0.467 e. The lowest BCUT2D eigenvalue weighted by Crippen LogP contribution is -2.16. The Morgan fingerprint density at radius 1 is 1.39 bits per heavy atom. The van der Waals surface area contributed by atoms with Gasteiger partial charge in [-0.15, -0.1) is 11.3 Å². The Morgan fingerprint density at radius 2 is 2.33 bits per heavy atom. The normalized spacial score (nSPS) is 12.5. The molecule has 0 aromatic carbocycles. The van der Waals surface area contributed by atoms with Crippen LogP contribution in [0.2, 0.25) is 0 Å². The highest BCUT2D eigenvalue weighted by Crippen LogP contribution is 2.26. The minimum Gasteiger partial charge on any atom is -0.467 e. The standard InChI is InChI=1S/C12H12N4OS/c1-16-6-4-13-11(16)10(9-3-2-7-17-9)15-12-14-5-8-18-12/h2-8,10H,1H3,(H,14,15). The highest BCUT2D eigenvalue weighted by Gasteiger charge is 2.21. The first kappa shape index (κ1) is 11.0. The second-order valence-corrected chi connectivity index (χ2v) is 4.72. The summed E-state index contributed by atoms with van der Waals surface area (Å²) in [6.07, 6.45) is 7.11. The van der Waals surface area contributed by atoms with Crippen LogP contribution in [-0.2, 0) is 7.05 Å². The van der Waals surface area contributed by atoms with E-state index in [0.717, 1.165) is 16.7 Å². The van der Waals surface area contributed by atoms with Crippen molar-refractivity contribution in [1.29, 1.82) is 0 Å². The van der Waals surface area contributed by atoms with Crippen LogP contribution >= 0.6 is 11.3 Å². The molecular weight excluding hydrogens is 248 g/mol. The summed E-state index contributed by atoms with van der Waals surface area (Å²) in [5, 5.41) is 6.11. The molecule has 0 aliphatic heterocycles. The van der Waals surface area contributed by atoms with Gasteiger partial charge in [-0.3, -0.25) is 0 Å². The van der Waals surface area contributed by atoms with Crippen molar-refractivity contribution in [3.63, 3.8) is 0 Å². The maximum atomic E-state index is 5.48. The number of aryl methyl sites for hydroxylation is 1. The zero-order valence-electron chi connectivity index (χ0n) is 9.78. The minimum atomic E-state index is -0.133. The summed E-state index contributed by atoms with van der Waals surface area (Å²) in [4.78, 5) is 8.60. The fraction of sp³-hybridized carbons (Fsp3) is 0.167. The molecule has 0 saturated heterocycles. The average molecular weight is 260 g/mol. The number of nitrogens with zero attached hydrogens (tertiary/aromatic N) is 3. The van der Waals surface area contributed by atoms with Crippen molar-refractivity contribution < 1.29 is 4.42 Å². The van der Waals surface area contributed by atoms with E-state index in [1.165, 1.54) is 0 Å². The van der Waals surface area contributed by atoms with Crippen LogP contribution < -0.4 is 5.32 Å². The van der Waals surface area contributed by atoms with Gasteiger partial charge in [-0.25, -0.2) is 9.97 Å². The quantitative estimate of drug-likeness (QED) is 0.783. The molecule has 3 rings (SSSR count). The number of imidazole rings is 1. The maximum absolute atomic E-state index is 5.48. The molecule has 92 valence electrons. The monoisotopic (exact) mass is 260 g/mol. The number of rotatable bonds is 4. The number of aromatic nitrogens is 3. The van der Waals surface area contributed by atoms with Crippen molar-refractivity contribution >= 4 is 16.5 Å². The summed E-state index contributed by atoms with van der Waals surface area (Å²) in [5.74, 6) is 1.71. The van der Waals surface area contributed by atoms with Gasteiger partial charge >= 0.3 is 0 Å². The molecular formula is C12H12N4OS. The fourth-order valence-corrected chi connectivity index (χ4v) is 2.35. The third-order valence-corrected chi connectivity index (χ3v) is 3.35. The Kier molecular flexibility index (Phi) is 2.85. The van der Waals surface area contributed by atoms with E-state index in [2.05, 4.69) is 15.3 Å². The molecule has 3 heterocycles. The van der Waals surface area contributed by atoms with Crippen LogP contribution in [0.3, 0.4) is 0 Å². The smallest absolute Gasteiger partial charge is 0.183 e. The van der Waals surface area contributed by atoms with E-state index in [0.29, 0.717) is 0 Å². The van der Waals surface area contributed by atoms with Gasteiger partial charge < -0.3 is 14.3 Å².